The van der Waals surface area contributed by atoms with Crippen molar-refractivity contribution in [3.63, 3.8) is 0 Å². The van der Waals surface area contributed by atoms with Crippen LogP contribution in [0.1, 0.15) is 49.2 Å². The summed E-state index contributed by atoms with van der Waals surface area (Å²) in [6, 6.07) is 20.2. The van der Waals surface area contributed by atoms with Crippen molar-refractivity contribution >= 4 is 12.0 Å². The van der Waals surface area contributed by atoms with Crippen LogP contribution in [0.4, 0.5) is 9.18 Å². The third-order valence-corrected chi connectivity index (χ3v) is 5.64. The molecule has 3 rings (SSSR count). The van der Waals surface area contributed by atoms with Crippen LogP contribution >= 0.6 is 0 Å². The van der Waals surface area contributed by atoms with E-state index in [1.807, 2.05) is 37.3 Å². The molecule has 0 fully saturated rings. The summed E-state index contributed by atoms with van der Waals surface area (Å²) in [7, 11) is 1.55. The van der Waals surface area contributed by atoms with Gasteiger partial charge >= 0.3 is 6.09 Å². The molecule has 8 heteroatoms. The molecule has 0 saturated heterocycles. The monoisotopic (exact) mass is 522 g/mol. The van der Waals surface area contributed by atoms with Crippen LogP contribution in [0, 0.1) is 5.82 Å². The number of nitrogens with zero attached hydrogens (tertiary/aromatic N) is 1. The maximum atomic E-state index is 13.5. The number of carbonyl (C=O) groups is 2. The molecular weight excluding hydrogens is 487 g/mol. The van der Waals surface area contributed by atoms with Crippen molar-refractivity contribution in [2.24, 2.45) is 0 Å². The average molecular weight is 523 g/mol. The van der Waals surface area contributed by atoms with Gasteiger partial charge < -0.3 is 24.4 Å². The zero-order chi connectivity index (χ0) is 27.7. The van der Waals surface area contributed by atoms with Crippen molar-refractivity contribution < 1.29 is 28.2 Å². The standard InChI is InChI=1S/C30H35FN2O5/c1-21(18-32-29(35)38-30(2,3)4)33(28(34)24-9-7-6-8-10-24)19-23-13-16-26(27(17-23)36-5)37-20-22-11-14-25(31)15-12-22/h6-17,21H,18-20H2,1-5H3,(H,32,35). The van der Waals surface area contributed by atoms with Crippen molar-refractivity contribution in [1.82, 2.24) is 10.2 Å². The number of methoxy groups -OCH3 is 1. The number of ether oxygens (including phenoxy) is 3. The Balaban J connectivity index is 1.76. The first kappa shape index (κ1) is 28.5. The number of rotatable bonds is 10. The van der Waals surface area contributed by atoms with Crippen molar-refractivity contribution in [2.45, 2.75) is 52.5 Å². The van der Waals surface area contributed by atoms with Gasteiger partial charge in [0.2, 0.25) is 0 Å². The Hall–Kier alpha value is -4.07. The van der Waals surface area contributed by atoms with E-state index in [0.717, 1.165) is 11.1 Å². The van der Waals surface area contributed by atoms with E-state index in [-0.39, 0.29) is 37.5 Å². The summed E-state index contributed by atoms with van der Waals surface area (Å²) < 4.78 is 29.9. The van der Waals surface area contributed by atoms with Crippen LogP contribution < -0.4 is 14.8 Å². The van der Waals surface area contributed by atoms with Gasteiger partial charge in [0, 0.05) is 24.7 Å². The van der Waals surface area contributed by atoms with Crippen LogP contribution in [-0.2, 0) is 17.9 Å². The summed E-state index contributed by atoms with van der Waals surface area (Å²) in [6.07, 6.45) is -0.541. The largest absolute Gasteiger partial charge is 0.493 e. The van der Waals surface area contributed by atoms with Crippen LogP contribution in [0.3, 0.4) is 0 Å². The number of carbonyl (C=O) groups excluding carboxylic acids is 2. The molecule has 0 aliphatic rings. The first-order valence-electron chi connectivity index (χ1n) is 12.4. The number of hydrogen-bond donors (Lipinski definition) is 1. The molecule has 1 N–H and O–H groups in total. The van der Waals surface area contributed by atoms with Gasteiger partial charge in [-0.1, -0.05) is 36.4 Å². The number of alkyl carbamates (subject to hydrolysis) is 1. The molecule has 0 aliphatic carbocycles. The second kappa shape index (κ2) is 12.9. The summed E-state index contributed by atoms with van der Waals surface area (Å²) in [4.78, 5) is 27.4. The molecule has 0 spiro atoms. The highest BCUT2D eigenvalue weighted by Gasteiger charge is 2.24. The SMILES string of the molecule is COc1cc(CN(C(=O)c2ccccc2)C(C)CNC(=O)OC(C)(C)C)ccc1OCc1ccc(F)cc1. The van der Waals surface area contributed by atoms with Gasteiger partial charge in [-0.2, -0.15) is 0 Å². The fourth-order valence-electron chi connectivity index (χ4n) is 3.70. The highest BCUT2D eigenvalue weighted by Crippen LogP contribution is 2.30. The lowest BCUT2D eigenvalue weighted by Crippen LogP contribution is -2.45. The lowest BCUT2D eigenvalue weighted by molar-refractivity contribution is 0.0488. The van der Waals surface area contributed by atoms with E-state index in [0.29, 0.717) is 17.1 Å². The number of benzene rings is 3. The van der Waals surface area contributed by atoms with Crippen molar-refractivity contribution in [2.75, 3.05) is 13.7 Å². The van der Waals surface area contributed by atoms with E-state index in [2.05, 4.69) is 5.32 Å². The van der Waals surface area contributed by atoms with Crippen molar-refractivity contribution in [3.8, 4) is 11.5 Å². The highest BCUT2D eigenvalue weighted by atomic mass is 19.1. The first-order valence-corrected chi connectivity index (χ1v) is 12.4. The second-order valence-electron chi connectivity index (χ2n) is 9.93. The van der Waals surface area contributed by atoms with Gasteiger partial charge in [0.15, 0.2) is 11.5 Å². The molecule has 202 valence electrons. The normalized spacial score (nSPS) is 11.8. The molecule has 0 bridgehead atoms. The maximum absolute atomic E-state index is 13.5. The van der Waals surface area contributed by atoms with Crippen LogP contribution in [-0.4, -0.2) is 42.2 Å². The number of amides is 2. The Bertz CT molecular complexity index is 1210. The predicted octanol–water partition coefficient (Wildman–Crippen LogP) is 5.97. The van der Waals surface area contributed by atoms with Gasteiger partial charge in [0.25, 0.3) is 5.91 Å². The van der Waals surface area contributed by atoms with E-state index in [9.17, 15) is 14.0 Å². The molecule has 0 radical (unpaired) electrons. The number of halogens is 1. The fourth-order valence-corrected chi connectivity index (χ4v) is 3.70. The van der Waals surface area contributed by atoms with Crippen LogP contribution in [0.2, 0.25) is 0 Å². The molecule has 0 saturated carbocycles. The van der Waals surface area contributed by atoms with Gasteiger partial charge in [0.1, 0.15) is 18.0 Å². The summed E-state index contributed by atoms with van der Waals surface area (Å²) >= 11 is 0. The van der Waals surface area contributed by atoms with Gasteiger partial charge in [-0.3, -0.25) is 4.79 Å². The molecule has 0 aromatic heterocycles. The summed E-state index contributed by atoms with van der Waals surface area (Å²) in [5.41, 5.74) is 1.57. The minimum absolute atomic E-state index is 0.167. The molecule has 3 aromatic carbocycles. The lowest BCUT2D eigenvalue weighted by Gasteiger charge is -2.30. The molecule has 1 atom stereocenters. The van der Waals surface area contributed by atoms with Crippen LogP contribution in [0.25, 0.3) is 0 Å². The molecule has 1 unspecified atom stereocenters. The zero-order valence-corrected chi connectivity index (χ0v) is 22.5. The Labute approximate surface area is 223 Å². The first-order chi connectivity index (χ1) is 18.1. The van der Waals surface area contributed by atoms with E-state index < -0.39 is 11.7 Å². The number of hydrogen-bond acceptors (Lipinski definition) is 5. The molecule has 0 heterocycles. The molecule has 3 aromatic rings. The fraction of sp³-hybridized carbons (Fsp3) is 0.333. The Morgan fingerprint density at radius 3 is 2.24 bits per heavy atom. The van der Waals surface area contributed by atoms with Crippen LogP contribution in [0.5, 0.6) is 11.5 Å². The molecule has 2 amide bonds. The topological polar surface area (TPSA) is 77.1 Å². The summed E-state index contributed by atoms with van der Waals surface area (Å²) in [5.74, 6) is 0.568. The number of nitrogens with one attached hydrogen (secondary N) is 1. The Morgan fingerprint density at radius 2 is 1.61 bits per heavy atom. The third kappa shape index (κ3) is 8.50. The summed E-state index contributed by atoms with van der Waals surface area (Å²) in [6.45, 7) is 7.99. The van der Waals surface area contributed by atoms with Gasteiger partial charge in [-0.05, 0) is 75.2 Å². The predicted molar refractivity (Wildman–Crippen MR) is 144 cm³/mol. The quantitative estimate of drug-likeness (QED) is 0.355. The van der Waals surface area contributed by atoms with E-state index in [1.54, 1.807) is 63.1 Å². The van der Waals surface area contributed by atoms with Gasteiger partial charge in [-0.25, -0.2) is 9.18 Å². The highest BCUT2D eigenvalue weighted by molar-refractivity contribution is 5.94. The smallest absolute Gasteiger partial charge is 0.407 e. The van der Waals surface area contributed by atoms with Gasteiger partial charge in [0.05, 0.1) is 7.11 Å². The zero-order valence-electron chi connectivity index (χ0n) is 22.5. The van der Waals surface area contributed by atoms with Gasteiger partial charge in [-0.15, -0.1) is 0 Å². The van der Waals surface area contributed by atoms with Crippen molar-refractivity contribution in [3.05, 3.63) is 95.3 Å². The Morgan fingerprint density at radius 1 is 0.947 bits per heavy atom. The molecular formula is C30H35FN2O5. The lowest BCUT2D eigenvalue weighted by atomic mass is 10.1. The minimum Gasteiger partial charge on any atom is -0.493 e. The molecule has 38 heavy (non-hydrogen) atoms. The van der Waals surface area contributed by atoms with E-state index >= 15 is 0 Å². The molecule has 0 aliphatic heterocycles. The van der Waals surface area contributed by atoms with E-state index in [1.165, 1.54) is 12.1 Å². The van der Waals surface area contributed by atoms with Crippen molar-refractivity contribution in [1.29, 1.82) is 0 Å². The molecule has 7 nitrogen and oxygen atoms in total. The third-order valence-electron chi connectivity index (χ3n) is 5.64. The van der Waals surface area contributed by atoms with E-state index in [4.69, 9.17) is 14.2 Å². The summed E-state index contributed by atoms with van der Waals surface area (Å²) in [5, 5.41) is 2.76. The Kier molecular flexibility index (Phi) is 9.71. The maximum Gasteiger partial charge on any atom is 0.407 e. The van der Waals surface area contributed by atoms with Crippen LogP contribution in [0.15, 0.2) is 72.8 Å². The average Bonchev–Trinajstić information content (AvgIpc) is 2.89. The minimum atomic E-state index is -0.621. The second-order valence-corrected chi connectivity index (χ2v) is 9.93.